The molecule has 1 fully saturated rings. The van der Waals surface area contributed by atoms with Crippen LogP contribution in [0.5, 0.6) is 0 Å². The first-order chi connectivity index (χ1) is 9.25. The van der Waals surface area contributed by atoms with Crippen LogP contribution in [-0.4, -0.2) is 32.3 Å². The number of aryl methyl sites for hydroxylation is 2. The van der Waals surface area contributed by atoms with Gasteiger partial charge in [-0.1, -0.05) is 0 Å². The summed E-state index contributed by atoms with van der Waals surface area (Å²) in [5.41, 5.74) is 1.41. The van der Waals surface area contributed by atoms with Crippen LogP contribution >= 0.6 is 11.3 Å². The van der Waals surface area contributed by atoms with Gasteiger partial charge in [-0.05, 0) is 64.4 Å². The molecule has 0 atom stereocenters. The molecule has 1 aliphatic rings. The highest BCUT2D eigenvalue weighted by molar-refractivity contribution is 7.12. The van der Waals surface area contributed by atoms with Crippen LogP contribution in [0.2, 0.25) is 0 Å². The topological polar surface area (TPSA) is 33.3 Å². The van der Waals surface area contributed by atoms with Crippen LogP contribution in [0.3, 0.4) is 0 Å². The van der Waals surface area contributed by atoms with E-state index in [1.807, 2.05) is 11.3 Å². The average Bonchev–Trinajstić information content (AvgIpc) is 2.74. The second-order valence-electron chi connectivity index (χ2n) is 5.30. The van der Waals surface area contributed by atoms with Crippen molar-refractivity contribution in [2.24, 2.45) is 0 Å². The van der Waals surface area contributed by atoms with E-state index in [1.54, 1.807) is 0 Å². The van der Waals surface area contributed by atoms with Gasteiger partial charge in [0.05, 0.1) is 6.10 Å². The number of ether oxygens (including phenoxy) is 1. The summed E-state index contributed by atoms with van der Waals surface area (Å²) in [6.45, 7) is 9.52. The van der Waals surface area contributed by atoms with Crippen LogP contribution < -0.4 is 10.6 Å². The summed E-state index contributed by atoms with van der Waals surface area (Å²) in [5, 5.41) is 6.86. The number of hydrogen-bond acceptors (Lipinski definition) is 4. The zero-order valence-corrected chi connectivity index (χ0v) is 12.9. The van der Waals surface area contributed by atoms with Crippen molar-refractivity contribution in [3.63, 3.8) is 0 Å². The molecule has 108 valence electrons. The fourth-order valence-electron chi connectivity index (χ4n) is 2.36. The average molecular weight is 282 g/mol. The monoisotopic (exact) mass is 282 g/mol. The van der Waals surface area contributed by atoms with Gasteiger partial charge in [-0.3, -0.25) is 0 Å². The molecular formula is C15H26N2OS. The summed E-state index contributed by atoms with van der Waals surface area (Å²) in [6, 6.07) is 2.29. The molecule has 4 heteroatoms. The molecule has 2 N–H and O–H groups in total. The molecule has 3 nitrogen and oxygen atoms in total. The highest BCUT2D eigenvalue weighted by atomic mass is 32.1. The molecule has 0 unspecified atom stereocenters. The third kappa shape index (κ3) is 5.22. The Morgan fingerprint density at radius 1 is 1.37 bits per heavy atom. The van der Waals surface area contributed by atoms with Gasteiger partial charge in [0.25, 0.3) is 0 Å². The summed E-state index contributed by atoms with van der Waals surface area (Å²) in [5.74, 6) is 0. The molecule has 0 amide bonds. The molecule has 1 aromatic rings. The van der Waals surface area contributed by atoms with E-state index in [4.69, 9.17) is 4.74 Å². The summed E-state index contributed by atoms with van der Waals surface area (Å²) in [4.78, 5) is 2.88. The summed E-state index contributed by atoms with van der Waals surface area (Å²) in [7, 11) is 0. The number of thiophene rings is 1. The predicted molar refractivity (Wildman–Crippen MR) is 82.0 cm³/mol. The molecule has 0 aliphatic carbocycles. The zero-order valence-electron chi connectivity index (χ0n) is 12.1. The second kappa shape index (κ2) is 8.00. The molecule has 0 aromatic carbocycles. The van der Waals surface area contributed by atoms with E-state index in [2.05, 4.69) is 30.5 Å². The predicted octanol–water partition coefficient (Wildman–Crippen LogP) is 2.61. The normalized spacial score (nSPS) is 16.9. The third-order valence-corrected chi connectivity index (χ3v) is 4.81. The van der Waals surface area contributed by atoms with Crippen molar-refractivity contribution in [3.05, 3.63) is 21.4 Å². The zero-order chi connectivity index (χ0) is 13.5. The molecular weight excluding hydrogens is 256 g/mol. The van der Waals surface area contributed by atoms with Crippen LogP contribution in [0.1, 0.15) is 34.6 Å². The first kappa shape index (κ1) is 15.0. The number of piperidine rings is 1. The number of nitrogens with one attached hydrogen (secondary N) is 2. The van der Waals surface area contributed by atoms with Gasteiger partial charge in [-0.2, -0.15) is 0 Å². The molecule has 0 saturated carbocycles. The summed E-state index contributed by atoms with van der Waals surface area (Å²) >= 11 is 1.90. The Labute approximate surface area is 120 Å². The quantitative estimate of drug-likeness (QED) is 0.754. The summed E-state index contributed by atoms with van der Waals surface area (Å²) < 4.78 is 5.88. The third-order valence-electron chi connectivity index (χ3n) is 3.65. The van der Waals surface area contributed by atoms with Gasteiger partial charge in [0, 0.05) is 22.9 Å². The van der Waals surface area contributed by atoms with E-state index in [-0.39, 0.29) is 0 Å². The van der Waals surface area contributed by atoms with Crippen molar-refractivity contribution in [2.45, 2.75) is 45.8 Å². The van der Waals surface area contributed by atoms with Gasteiger partial charge in [0.2, 0.25) is 0 Å². The molecule has 0 spiro atoms. The van der Waals surface area contributed by atoms with Crippen molar-refractivity contribution in [1.29, 1.82) is 0 Å². The molecule has 2 heterocycles. The second-order valence-corrected chi connectivity index (χ2v) is 6.64. The van der Waals surface area contributed by atoms with Crippen molar-refractivity contribution < 1.29 is 4.74 Å². The van der Waals surface area contributed by atoms with E-state index in [0.717, 1.165) is 39.2 Å². The minimum absolute atomic E-state index is 0.490. The van der Waals surface area contributed by atoms with E-state index in [9.17, 15) is 0 Å². The highest BCUT2D eigenvalue weighted by Crippen LogP contribution is 2.20. The molecule has 0 bridgehead atoms. The van der Waals surface area contributed by atoms with Gasteiger partial charge >= 0.3 is 0 Å². The molecule has 2 rings (SSSR count). The molecule has 1 saturated heterocycles. The van der Waals surface area contributed by atoms with E-state index in [0.29, 0.717) is 6.10 Å². The first-order valence-electron chi connectivity index (χ1n) is 7.34. The van der Waals surface area contributed by atoms with Crippen molar-refractivity contribution in [1.82, 2.24) is 10.6 Å². The lowest BCUT2D eigenvalue weighted by molar-refractivity contribution is 0.0317. The Hall–Kier alpha value is -0.420. The van der Waals surface area contributed by atoms with Gasteiger partial charge in [0.15, 0.2) is 0 Å². The summed E-state index contributed by atoms with van der Waals surface area (Å²) in [6.07, 6.45) is 3.93. The van der Waals surface area contributed by atoms with Crippen molar-refractivity contribution in [2.75, 3.05) is 26.2 Å². The Balaban J connectivity index is 1.50. The molecule has 0 radical (unpaired) electrons. The lowest BCUT2D eigenvalue weighted by Crippen LogP contribution is -2.32. The largest absolute Gasteiger partial charge is 0.378 e. The van der Waals surface area contributed by atoms with Crippen molar-refractivity contribution >= 4 is 11.3 Å². The first-order valence-corrected chi connectivity index (χ1v) is 8.16. The smallest absolute Gasteiger partial charge is 0.0599 e. The minimum Gasteiger partial charge on any atom is -0.378 e. The van der Waals surface area contributed by atoms with Crippen LogP contribution in [0, 0.1) is 13.8 Å². The Morgan fingerprint density at radius 2 is 2.16 bits per heavy atom. The maximum atomic E-state index is 5.88. The van der Waals surface area contributed by atoms with Crippen LogP contribution in [0.4, 0.5) is 0 Å². The van der Waals surface area contributed by atoms with Gasteiger partial charge in [-0.15, -0.1) is 11.3 Å². The Kier molecular flexibility index (Phi) is 6.31. The molecule has 1 aromatic heterocycles. The van der Waals surface area contributed by atoms with Gasteiger partial charge in [0.1, 0.15) is 0 Å². The van der Waals surface area contributed by atoms with Crippen LogP contribution in [0.25, 0.3) is 0 Å². The lowest BCUT2D eigenvalue weighted by atomic mass is 10.1. The standard InChI is InChI=1S/C15H26N2OS/c1-12-10-15(19-13(12)2)11-17-6-3-9-18-14-4-7-16-8-5-14/h10,14,16-17H,3-9,11H2,1-2H3. The van der Waals surface area contributed by atoms with E-state index in [1.165, 1.54) is 28.2 Å². The van der Waals surface area contributed by atoms with E-state index < -0.39 is 0 Å². The van der Waals surface area contributed by atoms with E-state index >= 15 is 0 Å². The lowest BCUT2D eigenvalue weighted by Gasteiger charge is -2.22. The van der Waals surface area contributed by atoms with Crippen LogP contribution in [-0.2, 0) is 11.3 Å². The maximum Gasteiger partial charge on any atom is 0.0599 e. The number of hydrogen-bond donors (Lipinski definition) is 2. The number of rotatable bonds is 7. The van der Waals surface area contributed by atoms with Crippen molar-refractivity contribution in [3.8, 4) is 0 Å². The SMILES string of the molecule is Cc1cc(CNCCCOC2CCNCC2)sc1C. The maximum absolute atomic E-state index is 5.88. The fraction of sp³-hybridized carbons (Fsp3) is 0.733. The van der Waals surface area contributed by atoms with Gasteiger partial charge in [-0.25, -0.2) is 0 Å². The van der Waals surface area contributed by atoms with Crippen LogP contribution in [0.15, 0.2) is 6.07 Å². The Morgan fingerprint density at radius 3 is 2.84 bits per heavy atom. The molecule has 19 heavy (non-hydrogen) atoms. The fourth-order valence-corrected chi connectivity index (χ4v) is 3.38. The van der Waals surface area contributed by atoms with Gasteiger partial charge < -0.3 is 15.4 Å². The Bertz CT molecular complexity index is 353. The minimum atomic E-state index is 0.490. The molecule has 1 aliphatic heterocycles. The highest BCUT2D eigenvalue weighted by Gasteiger charge is 2.12.